The molecule has 0 heterocycles. The van der Waals surface area contributed by atoms with E-state index in [1.54, 1.807) is 0 Å². The number of alkyl halides is 6. The van der Waals surface area contributed by atoms with Crippen LogP contribution in [0.5, 0.6) is 0 Å². The van der Waals surface area contributed by atoms with Crippen molar-refractivity contribution in [3.8, 4) is 0 Å². The van der Waals surface area contributed by atoms with Gasteiger partial charge in [0.25, 0.3) is 5.60 Å². The highest BCUT2D eigenvalue weighted by Gasteiger charge is 2.72. The molecule has 0 amide bonds. The molecule has 0 aromatic rings. The summed E-state index contributed by atoms with van der Waals surface area (Å²) in [4.78, 5) is 0. The lowest BCUT2D eigenvalue weighted by Gasteiger charge is -2.31. The minimum atomic E-state index is -5.99. The summed E-state index contributed by atoms with van der Waals surface area (Å²) in [5.41, 5.74) is -5.31. The molecule has 1 nitrogen and oxygen atoms in total. The molecule has 84 valence electrons. The summed E-state index contributed by atoms with van der Waals surface area (Å²) in [6, 6.07) is 0. The van der Waals surface area contributed by atoms with Crippen molar-refractivity contribution in [3.05, 3.63) is 10.6 Å². The van der Waals surface area contributed by atoms with Crippen molar-refractivity contribution in [2.24, 2.45) is 0 Å². The van der Waals surface area contributed by atoms with Crippen molar-refractivity contribution in [2.45, 2.75) is 18.0 Å². The van der Waals surface area contributed by atoms with E-state index < -0.39 is 23.0 Å². The smallest absolute Gasteiger partial charge is 0.369 e. The second-order valence-electron chi connectivity index (χ2n) is 2.16. The van der Waals surface area contributed by atoms with E-state index in [-0.39, 0.29) is 5.54 Å². The Kier molecular flexibility index (Phi) is 3.75. The second-order valence-corrected chi connectivity index (χ2v) is 2.79. The lowest BCUT2D eigenvalue weighted by Crippen LogP contribution is -2.57. The lowest BCUT2D eigenvalue weighted by molar-refractivity contribution is -0.349. The molecule has 0 atom stereocenters. The number of hydrogen-bond acceptors (Lipinski definition) is 1. The largest absolute Gasteiger partial charge is 0.431 e. The van der Waals surface area contributed by atoms with Crippen molar-refractivity contribution in [1.82, 2.24) is 0 Å². The van der Waals surface area contributed by atoms with Crippen LogP contribution in [0.1, 0.15) is 0 Å². The first-order valence-corrected chi connectivity index (χ1v) is 3.62. The van der Waals surface area contributed by atoms with E-state index in [0.29, 0.717) is 0 Å². The zero-order chi connectivity index (χ0) is 11.8. The van der Waals surface area contributed by atoms with Crippen LogP contribution in [0.2, 0.25) is 0 Å². The number of halogens is 8. The molecule has 9 heteroatoms. The zero-order valence-electron chi connectivity index (χ0n) is 6.05. The Balaban J connectivity index is 5.53. The van der Waals surface area contributed by atoms with E-state index in [4.69, 9.17) is 5.11 Å². The van der Waals surface area contributed by atoms with Gasteiger partial charge in [-0.25, -0.2) is 0 Å². The van der Waals surface area contributed by atoms with E-state index in [9.17, 15) is 26.3 Å². The van der Waals surface area contributed by atoms with E-state index >= 15 is 0 Å². The maximum absolute atomic E-state index is 11.9. The zero-order valence-corrected chi connectivity index (χ0v) is 7.56. The first kappa shape index (κ1) is 13.9. The fourth-order valence-corrected chi connectivity index (χ4v) is 0.883. The third kappa shape index (κ3) is 2.09. The van der Waals surface area contributed by atoms with Gasteiger partial charge in [0.15, 0.2) is 0 Å². The maximum atomic E-state index is 11.9. The van der Waals surface area contributed by atoms with Crippen molar-refractivity contribution in [3.63, 3.8) is 0 Å². The molecule has 0 aromatic carbocycles. The van der Waals surface area contributed by atoms with Gasteiger partial charge >= 0.3 is 12.4 Å². The summed E-state index contributed by atoms with van der Waals surface area (Å²) in [7, 11) is 0. The monoisotopic (exact) mass is 262 g/mol. The van der Waals surface area contributed by atoms with Crippen molar-refractivity contribution < 1.29 is 31.4 Å². The minimum Gasteiger partial charge on any atom is -0.369 e. The van der Waals surface area contributed by atoms with Gasteiger partial charge < -0.3 is 5.11 Å². The van der Waals surface area contributed by atoms with Crippen LogP contribution in [0.15, 0.2) is 10.6 Å². The molecule has 0 spiro atoms. The summed E-state index contributed by atoms with van der Waals surface area (Å²) < 4.78 is 71.3. The molecule has 0 aliphatic rings. The Morgan fingerprint density at radius 2 is 1.29 bits per heavy atom. The van der Waals surface area contributed by atoms with Crippen molar-refractivity contribution in [2.75, 3.05) is 0 Å². The van der Waals surface area contributed by atoms with Crippen molar-refractivity contribution in [1.29, 1.82) is 0 Å². The van der Waals surface area contributed by atoms with Crippen LogP contribution in [0.3, 0.4) is 0 Å². The SMILES string of the molecule is OC(/C(Cl)=C/Cl)(C(F)(F)F)C(F)(F)F. The molecule has 0 aliphatic heterocycles. The molecule has 0 aliphatic carbocycles. The molecular weight excluding hydrogens is 261 g/mol. The summed E-state index contributed by atoms with van der Waals surface area (Å²) in [6.45, 7) is 0. The standard InChI is InChI=1S/C5H2Cl2F6O/c6-1-2(7)3(14,4(8,9)10)5(11,12)13/h1,14H/b2-1-. The fourth-order valence-electron chi connectivity index (χ4n) is 0.510. The normalized spacial score (nSPS) is 15.9. The van der Waals surface area contributed by atoms with Crippen LogP contribution in [0.25, 0.3) is 0 Å². The summed E-state index contributed by atoms with van der Waals surface area (Å²) >= 11 is 9.18. The third-order valence-corrected chi connectivity index (χ3v) is 1.97. The Hall–Kier alpha value is -0.140. The van der Waals surface area contributed by atoms with Gasteiger partial charge in [0.1, 0.15) is 0 Å². The average Bonchev–Trinajstić information content (AvgIpc) is 1.97. The summed E-state index contributed by atoms with van der Waals surface area (Å²) in [5, 5.41) is 6.46. The first-order chi connectivity index (χ1) is 5.98. The van der Waals surface area contributed by atoms with Crippen LogP contribution in [-0.4, -0.2) is 23.1 Å². The molecule has 0 aromatic heterocycles. The number of rotatable bonds is 1. The number of hydrogen-bond donors (Lipinski definition) is 1. The molecule has 0 unspecified atom stereocenters. The van der Waals surface area contributed by atoms with Crippen molar-refractivity contribution >= 4 is 23.2 Å². The van der Waals surface area contributed by atoms with Crippen LogP contribution < -0.4 is 0 Å². The van der Waals surface area contributed by atoms with E-state index in [0.717, 1.165) is 0 Å². The Morgan fingerprint density at radius 3 is 1.36 bits per heavy atom. The van der Waals surface area contributed by atoms with Crippen LogP contribution in [0.4, 0.5) is 26.3 Å². The third-order valence-electron chi connectivity index (χ3n) is 1.26. The highest BCUT2D eigenvalue weighted by Crippen LogP contribution is 2.48. The predicted octanol–water partition coefficient (Wildman–Crippen LogP) is 3.16. The molecule has 0 fully saturated rings. The molecule has 14 heavy (non-hydrogen) atoms. The van der Waals surface area contributed by atoms with Gasteiger partial charge in [-0.3, -0.25) is 0 Å². The molecular formula is C5H2Cl2F6O. The molecule has 0 rings (SSSR count). The summed E-state index contributed by atoms with van der Waals surface area (Å²) in [5.74, 6) is 0. The lowest BCUT2D eigenvalue weighted by atomic mass is 10.0. The number of aliphatic hydroxyl groups is 1. The van der Waals surface area contributed by atoms with Gasteiger partial charge in [-0.15, -0.1) is 0 Å². The van der Waals surface area contributed by atoms with Gasteiger partial charge in [0, 0.05) is 5.54 Å². The molecule has 0 saturated carbocycles. The van der Waals surface area contributed by atoms with Gasteiger partial charge in [-0.2, -0.15) is 26.3 Å². The highest BCUT2D eigenvalue weighted by molar-refractivity contribution is 6.37. The molecule has 0 saturated heterocycles. The van der Waals surface area contributed by atoms with Gasteiger partial charge in [-0.1, -0.05) is 23.2 Å². The first-order valence-electron chi connectivity index (χ1n) is 2.80. The second kappa shape index (κ2) is 3.79. The van der Waals surface area contributed by atoms with Crippen LogP contribution in [0, 0.1) is 0 Å². The fraction of sp³-hybridized carbons (Fsp3) is 0.600. The van der Waals surface area contributed by atoms with Crippen LogP contribution in [-0.2, 0) is 0 Å². The van der Waals surface area contributed by atoms with Crippen LogP contribution >= 0.6 is 23.2 Å². The van der Waals surface area contributed by atoms with Gasteiger partial charge in [-0.05, 0) is 0 Å². The molecule has 1 N–H and O–H groups in total. The predicted molar refractivity (Wildman–Crippen MR) is 36.8 cm³/mol. The van der Waals surface area contributed by atoms with Gasteiger partial charge in [0.2, 0.25) is 0 Å². The minimum absolute atomic E-state index is 0.192. The molecule has 0 bridgehead atoms. The maximum Gasteiger partial charge on any atom is 0.431 e. The summed E-state index contributed by atoms with van der Waals surface area (Å²) in [6.07, 6.45) is -12.0. The van der Waals surface area contributed by atoms with E-state index in [2.05, 4.69) is 23.2 Å². The van der Waals surface area contributed by atoms with E-state index in [1.807, 2.05) is 0 Å². The Morgan fingerprint density at radius 1 is 1.00 bits per heavy atom. The van der Waals surface area contributed by atoms with E-state index in [1.165, 1.54) is 0 Å². The highest BCUT2D eigenvalue weighted by atomic mass is 35.5. The average molecular weight is 263 g/mol. The Bertz CT molecular complexity index is 228. The topological polar surface area (TPSA) is 20.2 Å². The van der Waals surface area contributed by atoms with Gasteiger partial charge in [0.05, 0.1) is 5.03 Å². The Labute approximate surface area is 83.9 Å². The quantitative estimate of drug-likeness (QED) is 0.720. The molecule has 0 radical (unpaired) electrons.